The van der Waals surface area contributed by atoms with E-state index in [1.165, 1.54) is 0 Å². The number of ketones is 1. The second-order valence-electron chi connectivity index (χ2n) is 9.85. The maximum Gasteiger partial charge on any atom is 0.199 e. The van der Waals surface area contributed by atoms with Gasteiger partial charge in [0.15, 0.2) is 18.4 Å². The predicted molar refractivity (Wildman–Crippen MR) is 138 cm³/mol. The molecular formula is C31H32O6. The van der Waals surface area contributed by atoms with Crippen LogP contribution in [0.5, 0.6) is 17.2 Å². The Hall–Kier alpha value is -3.35. The van der Waals surface area contributed by atoms with Crippen LogP contribution in [0.25, 0.3) is 0 Å². The summed E-state index contributed by atoms with van der Waals surface area (Å²) in [6.07, 6.45) is 4.98. The summed E-state index contributed by atoms with van der Waals surface area (Å²) in [5.74, 6) is 1.34. The summed E-state index contributed by atoms with van der Waals surface area (Å²) in [5.41, 5.74) is 2.32. The molecule has 0 aliphatic carbocycles. The molecule has 3 aliphatic rings. The number of carbonyl (C=O) groups is 1. The lowest BCUT2D eigenvalue weighted by Gasteiger charge is -2.34. The molecule has 0 aromatic heterocycles. The summed E-state index contributed by atoms with van der Waals surface area (Å²) in [6.45, 7) is 1.41. The monoisotopic (exact) mass is 500 g/mol. The van der Waals surface area contributed by atoms with E-state index in [9.17, 15) is 4.79 Å². The molecule has 0 spiro atoms. The van der Waals surface area contributed by atoms with Gasteiger partial charge in [-0.05, 0) is 67.1 Å². The quantitative estimate of drug-likeness (QED) is 0.380. The number of fused-ring (bicyclic) bond motifs is 1. The van der Waals surface area contributed by atoms with Crippen LogP contribution >= 0.6 is 0 Å². The van der Waals surface area contributed by atoms with Crippen molar-refractivity contribution in [1.29, 1.82) is 0 Å². The van der Waals surface area contributed by atoms with Gasteiger partial charge in [0.2, 0.25) is 0 Å². The van der Waals surface area contributed by atoms with Gasteiger partial charge < -0.3 is 23.7 Å². The predicted octanol–water partition coefficient (Wildman–Crippen LogP) is 6.60. The Morgan fingerprint density at radius 3 is 2.03 bits per heavy atom. The van der Waals surface area contributed by atoms with E-state index in [1.54, 1.807) is 6.07 Å². The molecule has 2 saturated heterocycles. The van der Waals surface area contributed by atoms with Gasteiger partial charge in [-0.25, -0.2) is 0 Å². The van der Waals surface area contributed by atoms with Gasteiger partial charge in [-0.2, -0.15) is 0 Å². The van der Waals surface area contributed by atoms with Crippen LogP contribution in [0, 0.1) is 0 Å². The first-order valence-electron chi connectivity index (χ1n) is 13.3. The van der Waals surface area contributed by atoms with E-state index >= 15 is 0 Å². The van der Waals surface area contributed by atoms with Crippen LogP contribution in [-0.2, 0) is 9.47 Å². The molecule has 37 heavy (non-hydrogen) atoms. The lowest BCUT2D eigenvalue weighted by Crippen LogP contribution is -2.30. The fourth-order valence-corrected chi connectivity index (χ4v) is 5.31. The first kappa shape index (κ1) is 24.0. The normalized spacial score (nSPS) is 25.6. The Kier molecular flexibility index (Phi) is 7.11. The third-order valence-corrected chi connectivity index (χ3v) is 7.21. The number of benzene rings is 3. The van der Waals surface area contributed by atoms with Gasteiger partial charge in [-0.3, -0.25) is 4.79 Å². The van der Waals surface area contributed by atoms with Crippen LogP contribution in [0.3, 0.4) is 0 Å². The minimum absolute atomic E-state index is 0.00354. The fraction of sp³-hybridized carbons (Fsp3) is 0.387. The van der Waals surface area contributed by atoms with Crippen LogP contribution in [-0.4, -0.2) is 31.6 Å². The summed E-state index contributed by atoms with van der Waals surface area (Å²) in [6, 6.07) is 23.1. The summed E-state index contributed by atoms with van der Waals surface area (Å²) < 4.78 is 30.2. The molecular weight excluding hydrogens is 468 g/mol. The largest absolute Gasteiger partial charge is 0.484 e. The molecule has 6 rings (SSSR count). The Labute approximate surface area is 217 Å². The molecule has 3 aromatic carbocycles. The highest BCUT2D eigenvalue weighted by Crippen LogP contribution is 2.45. The van der Waals surface area contributed by atoms with Crippen molar-refractivity contribution in [2.75, 3.05) is 13.2 Å². The highest BCUT2D eigenvalue weighted by atomic mass is 16.7. The van der Waals surface area contributed by atoms with Gasteiger partial charge in [-0.1, -0.05) is 42.5 Å². The standard InChI is InChI=1S/C31H32O6/c32-30-25-20-24(36-28-14-5-7-18-34-28)15-16-26(25)37-31(21-9-2-1-3-10-21)29(30)22-11-8-12-23(19-22)35-27-13-4-6-17-33-27/h1-3,8-12,15-16,19-20,27-29,31H,4-7,13-14,17-18H2. The molecule has 0 saturated carbocycles. The SMILES string of the molecule is O=C1c2cc(OC3CCCCO3)ccc2OC(c2ccccc2)C1c1cccc(OC2CCCCO2)c1. The maximum atomic E-state index is 14.1. The fourth-order valence-electron chi connectivity index (χ4n) is 5.31. The van der Waals surface area contributed by atoms with E-state index in [-0.39, 0.29) is 18.4 Å². The zero-order valence-corrected chi connectivity index (χ0v) is 20.8. The number of Topliss-reactive ketones (excluding diaryl/α,β-unsaturated/α-hetero) is 1. The van der Waals surface area contributed by atoms with E-state index in [0.717, 1.165) is 49.7 Å². The van der Waals surface area contributed by atoms with Crippen molar-refractivity contribution in [3.05, 3.63) is 89.5 Å². The molecule has 6 heteroatoms. The minimum atomic E-state index is -0.535. The number of ether oxygens (including phenoxy) is 5. The average Bonchev–Trinajstić information content (AvgIpc) is 2.95. The van der Waals surface area contributed by atoms with E-state index in [2.05, 4.69) is 0 Å². The molecule has 3 aliphatic heterocycles. The summed E-state index contributed by atoms with van der Waals surface area (Å²) in [7, 11) is 0. The zero-order chi connectivity index (χ0) is 25.0. The zero-order valence-electron chi connectivity index (χ0n) is 20.8. The van der Waals surface area contributed by atoms with E-state index in [0.29, 0.717) is 36.0 Å². The van der Waals surface area contributed by atoms with E-state index in [4.69, 9.17) is 23.7 Å². The van der Waals surface area contributed by atoms with Crippen molar-refractivity contribution in [1.82, 2.24) is 0 Å². The lowest BCUT2D eigenvalue weighted by molar-refractivity contribution is -0.106. The van der Waals surface area contributed by atoms with Crippen LogP contribution in [0.15, 0.2) is 72.8 Å². The third kappa shape index (κ3) is 5.36. The van der Waals surface area contributed by atoms with Crippen molar-refractivity contribution in [3.8, 4) is 17.2 Å². The minimum Gasteiger partial charge on any atom is -0.484 e. The van der Waals surface area contributed by atoms with Gasteiger partial charge >= 0.3 is 0 Å². The number of rotatable bonds is 6. The molecule has 6 nitrogen and oxygen atoms in total. The molecule has 0 N–H and O–H groups in total. The average molecular weight is 501 g/mol. The summed E-state index contributed by atoms with van der Waals surface area (Å²) in [4.78, 5) is 14.1. The highest BCUT2D eigenvalue weighted by molar-refractivity contribution is 6.05. The van der Waals surface area contributed by atoms with Crippen molar-refractivity contribution < 1.29 is 28.5 Å². The Morgan fingerprint density at radius 1 is 0.676 bits per heavy atom. The molecule has 0 bridgehead atoms. The highest BCUT2D eigenvalue weighted by Gasteiger charge is 2.40. The van der Waals surface area contributed by atoms with E-state index in [1.807, 2.05) is 66.7 Å². The van der Waals surface area contributed by atoms with Gasteiger partial charge in [0.05, 0.1) is 24.7 Å². The van der Waals surface area contributed by atoms with E-state index < -0.39 is 12.0 Å². The summed E-state index contributed by atoms with van der Waals surface area (Å²) in [5, 5.41) is 0. The molecule has 4 atom stereocenters. The molecule has 3 heterocycles. The maximum absolute atomic E-state index is 14.1. The molecule has 192 valence electrons. The second-order valence-corrected chi connectivity index (χ2v) is 9.85. The number of carbonyl (C=O) groups excluding carboxylic acids is 1. The third-order valence-electron chi connectivity index (χ3n) is 7.21. The van der Waals surface area contributed by atoms with Gasteiger partial charge in [0, 0.05) is 12.8 Å². The van der Waals surface area contributed by atoms with Gasteiger partial charge in [0.25, 0.3) is 0 Å². The Bertz CT molecular complexity index is 1210. The Morgan fingerprint density at radius 2 is 1.35 bits per heavy atom. The molecule has 4 unspecified atom stereocenters. The topological polar surface area (TPSA) is 63.2 Å². The second kappa shape index (κ2) is 11.0. The van der Waals surface area contributed by atoms with Crippen molar-refractivity contribution in [3.63, 3.8) is 0 Å². The molecule has 0 radical (unpaired) electrons. The molecule has 2 fully saturated rings. The van der Waals surface area contributed by atoms with Gasteiger partial charge in [0.1, 0.15) is 23.4 Å². The number of hydrogen-bond donors (Lipinski definition) is 0. The molecule has 0 amide bonds. The van der Waals surface area contributed by atoms with Crippen LogP contribution in [0.1, 0.15) is 72.0 Å². The van der Waals surface area contributed by atoms with Crippen molar-refractivity contribution >= 4 is 5.78 Å². The number of hydrogen-bond acceptors (Lipinski definition) is 6. The first-order chi connectivity index (χ1) is 18.2. The summed E-state index contributed by atoms with van der Waals surface area (Å²) >= 11 is 0. The first-order valence-corrected chi connectivity index (χ1v) is 13.3. The van der Waals surface area contributed by atoms with Crippen LogP contribution in [0.4, 0.5) is 0 Å². The molecule has 3 aromatic rings. The van der Waals surface area contributed by atoms with Crippen molar-refractivity contribution in [2.45, 2.75) is 63.1 Å². The smallest absolute Gasteiger partial charge is 0.199 e. The Balaban J connectivity index is 1.32. The van der Waals surface area contributed by atoms with Crippen LogP contribution in [0.2, 0.25) is 0 Å². The van der Waals surface area contributed by atoms with Crippen LogP contribution < -0.4 is 14.2 Å². The lowest BCUT2D eigenvalue weighted by atomic mass is 9.81. The van der Waals surface area contributed by atoms with Crippen molar-refractivity contribution in [2.24, 2.45) is 0 Å². The van der Waals surface area contributed by atoms with Gasteiger partial charge in [-0.15, -0.1) is 0 Å².